The van der Waals surface area contributed by atoms with Gasteiger partial charge < -0.3 is 10.2 Å². The molecule has 0 saturated carbocycles. The summed E-state index contributed by atoms with van der Waals surface area (Å²) in [4.78, 5) is 10.4. The summed E-state index contributed by atoms with van der Waals surface area (Å²) >= 11 is 0. The van der Waals surface area contributed by atoms with Crippen LogP contribution < -0.4 is 10.2 Å². The van der Waals surface area contributed by atoms with Crippen LogP contribution in [0.15, 0.2) is 24.4 Å². The summed E-state index contributed by atoms with van der Waals surface area (Å²) in [6.07, 6.45) is 1.71. The minimum Gasteiger partial charge on any atom is -0.366 e. The van der Waals surface area contributed by atoms with Crippen LogP contribution in [0.3, 0.4) is 0 Å². The fourth-order valence-electron chi connectivity index (χ4n) is 1.99. The van der Waals surface area contributed by atoms with Gasteiger partial charge in [-0.25, -0.2) is 9.37 Å². The van der Waals surface area contributed by atoms with Crippen molar-refractivity contribution in [3.8, 4) is 0 Å². The highest BCUT2D eigenvalue weighted by Gasteiger charge is 2.05. The van der Waals surface area contributed by atoms with E-state index in [0.29, 0.717) is 23.6 Å². The van der Waals surface area contributed by atoms with Gasteiger partial charge in [-0.15, -0.1) is 0 Å². The molecule has 0 spiro atoms. The molecule has 1 aromatic carbocycles. The quantitative estimate of drug-likeness (QED) is 0.930. The van der Waals surface area contributed by atoms with E-state index in [9.17, 15) is 4.39 Å². The number of benzene rings is 1. The van der Waals surface area contributed by atoms with Crippen molar-refractivity contribution in [2.24, 2.45) is 0 Å². The Morgan fingerprint density at radius 1 is 1.20 bits per heavy atom. The second-order valence-corrected chi connectivity index (χ2v) is 5.03. The van der Waals surface area contributed by atoms with Gasteiger partial charge in [0, 0.05) is 26.8 Å². The Bertz CT molecular complexity index is 588. The van der Waals surface area contributed by atoms with E-state index in [4.69, 9.17) is 0 Å². The zero-order valence-corrected chi connectivity index (χ0v) is 12.2. The summed E-state index contributed by atoms with van der Waals surface area (Å²) in [5.41, 5.74) is 2.36. The van der Waals surface area contributed by atoms with Gasteiger partial charge in [-0.3, -0.25) is 0 Å². The molecule has 0 unspecified atom stereocenters. The number of halogens is 1. The third kappa shape index (κ3) is 3.23. The number of aromatic nitrogens is 2. The Morgan fingerprint density at radius 2 is 1.85 bits per heavy atom. The first kappa shape index (κ1) is 14.2. The summed E-state index contributed by atoms with van der Waals surface area (Å²) in [7, 11) is 3.79. The Balaban J connectivity index is 2.11. The molecule has 0 fully saturated rings. The van der Waals surface area contributed by atoms with Crippen molar-refractivity contribution >= 4 is 11.8 Å². The molecular formula is C15H19FN4. The van der Waals surface area contributed by atoms with Gasteiger partial charge in [0.05, 0.1) is 0 Å². The standard InChI is InChI=1S/C15H19FN4/c1-10-7-12(8-11(2)14(10)16)9-18-13-5-6-17-15(19-13)20(3)4/h5-8H,9H2,1-4H3,(H,17,18,19). The molecule has 20 heavy (non-hydrogen) atoms. The number of nitrogens with zero attached hydrogens (tertiary/aromatic N) is 3. The van der Waals surface area contributed by atoms with Gasteiger partial charge in [0.1, 0.15) is 11.6 Å². The summed E-state index contributed by atoms with van der Waals surface area (Å²) in [6.45, 7) is 4.16. The smallest absolute Gasteiger partial charge is 0.226 e. The molecule has 2 aromatic rings. The minimum absolute atomic E-state index is 0.134. The van der Waals surface area contributed by atoms with Gasteiger partial charge in [0.25, 0.3) is 0 Å². The Labute approximate surface area is 118 Å². The first-order chi connectivity index (χ1) is 9.47. The summed E-state index contributed by atoms with van der Waals surface area (Å²) in [6, 6.07) is 5.52. The summed E-state index contributed by atoms with van der Waals surface area (Å²) in [5, 5.41) is 3.23. The number of aryl methyl sites for hydroxylation is 2. The van der Waals surface area contributed by atoms with E-state index in [1.165, 1.54) is 0 Å². The highest BCUT2D eigenvalue weighted by atomic mass is 19.1. The monoisotopic (exact) mass is 274 g/mol. The molecular weight excluding hydrogens is 255 g/mol. The maximum Gasteiger partial charge on any atom is 0.226 e. The lowest BCUT2D eigenvalue weighted by atomic mass is 10.1. The van der Waals surface area contributed by atoms with Crippen LogP contribution in [0, 0.1) is 19.7 Å². The van der Waals surface area contributed by atoms with Crippen molar-refractivity contribution in [3.05, 3.63) is 46.9 Å². The van der Waals surface area contributed by atoms with E-state index >= 15 is 0 Å². The molecule has 1 heterocycles. The van der Waals surface area contributed by atoms with E-state index in [2.05, 4.69) is 15.3 Å². The fourth-order valence-corrected chi connectivity index (χ4v) is 1.99. The van der Waals surface area contributed by atoms with Gasteiger partial charge in [-0.2, -0.15) is 4.98 Å². The van der Waals surface area contributed by atoms with Crippen LogP contribution in [0.4, 0.5) is 16.2 Å². The predicted molar refractivity (Wildman–Crippen MR) is 79.6 cm³/mol. The predicted octanol–water partition coefficient (Wildman–Crippen LogP) is 2.91. The van der Waals surface area contributed by atoms with Crippen molar-refractivity contribution in [1.82, 2.24) is 9.97 Å². The van der Waals surface area contributed by atoms with Gasteiger partial charge in [-0.1, -0.05) is 12.1 Å². The molecule has 0 saturated heterocycles. The molecule has 106 valence electrons. The van der Waals surface area contributed by atoms with E-state index in [1.54, 1.807) is 20.0 Å². The van der Waals surface area contributed by atoms with Crippen molar-refractivity contribution in [2.75, 3.05) is 24.3 Å². The number of hydrogen-bond donors (Lipinski definition) is 1. The van der Waals surface area contributed by atoms with Crippen LogP contribution in [-0.4, -0.2) is 24.1 Å². The van der Waals surface area contributed by atoms with Crippen LogP contribution in [0.5, 0.6) is 0 Å². The SMILES string of the molecule is Cc1cc(CNc2ccnc(N(C)C)n2)cc(C)c1F. The normalized spacial score (nSPS) is 10.4. The highest BCUT2D eigenvalue weighted by Crippen LogP contribution is 2.16. The lowest BCUT2D eigenvalue weighted by molar-refractivity contribution is 0.608. The fraction of sp³-hybridized carbons (Fsp3) is 0.333. The maximum atomic E-state index is 13.6. The molecule has 1 N–H and O–H groups in total. The van der Waals surface area contributed by atoms with E-state index < -0.39 is 0 Å². The molecule has 2 rings (SSSR count). The van der Waals surface area contributed by atoms with Crippen molar-refractivity contribution < 1.29 is 4.39 Å². The lowest BCUT2D eigenvalue weighted by Crippen LogP contribution is -2.13. The van der Waals surface area contributed by atoms with Gasteiger partial charge in [-0.05, 0) is 36.6 Å². The zero-order chi connectivity index (χ0) is 14.7. The number of hydrogen-bond acceptors (Lipinski definition) is 4. The molecule has 4 nitrogen and oxygen atoms in total. The van der Waals surface area contributed by atoms with Crippen molar-refractivity contribution in [3.63, 3.8) is 0 Å². The average molecular weight is 274 g/mol. The van der Waals surface area contributed by atoms with Crippen LogP contribution in [0.1, 0.15) is 16.7 Å². The average Bonchev–Trinajstić information content (AvgIpc) is 2.42. The minimum atomic E-state index is -0.134. The van der Waals surface area contributed by atoms with Crippen molar-refractivity contribution in [2.45, 2.75) is 20.4 Å². The van der Waals surface area contributed by atoms with Crippen LogP contribution in [0.2, 0.25) is 0 Å². The van der Waals surface area contributed by atoms with E-state index in [1.807, 2.05) is 37.2 Å². The van der Waals surface area contributed by atoms with Crippen molar-refractivity contribution in [1.29, 1.82) is 0 Å². The molecule has 0 aliphatic carbocycles. The topological polar surface area (TPSA) is 41.1 Å². The largest absolute Gasteiger partial charge is 0.366 e. The van der Waals surface area contributed by atoms with E-state index in [-0.39, 0.29) is 5.82 Å². The molecule has 0 radical (unpaired) electrons. The number of nitrogens with one attached hydrogen (secondary N) is 1. The second kappa shape index (κ2) is 5.86. The second-order valence-electron chi connectivity index (χ2n) is 5.03. The third-order valence-electron chi connectivity index (χ3n) is 3.01. The number of rotatable bonds is 4. The molecule has 1 aromatic heterocycles. The molecule has 0 aliphatic rings. The Morgan fingerprint density at radius 3 is 2.45 bits per heavy atom. The van der Waals surface area contributed by atoms with Gasteiger partial charge in [0.15, 0.2) is 0 Å². The molecule has 0 amide bonds. The highest BCUT2D eigenvalue weighted by molar-refractivity contribution is 5.41. The van der Waals surface area contributed by atoms with Gasteiger partial charge in [0.2, 0.25) is 5.95 Å². The molecule has 5 heteroatoms. The Hall–Kier alpha value is -2.17. The summed E-state index contributed by atoms with van der Waals surface area (Å²) < 4.78 is 13.6. The molecule has 0 aliphatic heterocycles. The maximum absolute atomic E-state index is 13.6. The van der Waals surface area contributed by atoms with Gasteiger partial charge >= 0.3 is 0 Å². The van der Waals surface area contributed by atoms with Crippen LogP contribution >= 0.6 is 0 Å². The number of anilines is 2. The van der Waals surface area contributed by atoms with Crippen LogP contribution in [0.25, 0.3) is 0 Å². The third-order valence-corrected chi connectivity index (χ3v) is 3.01. The molecule has 0 atom stereocenters. The van der Waals surface area contributed by atoms with E-state index in [0.717, 1.165) is 11.4 Å². The first-order valence-corrected chi connectivity index (χ1v) is 6.47. The lowest BCUT2D eigenvalue weighted by Gasteiger charge is -2.12. The molecule has 0 bridgehead atoms. The Kier molecular flexibility index (Phi) is 4.17. The zero-order valence-electron chi connectivity index (χ0n) is 12.2. The summed E-state index contributed by atoms with van der Waals surface area (Å²) in [5.74, 6) is 1.27. The van der Waals surface area contributed by atoms with Crippen LogP contribution in [-0.2, 0) is 6.54 Å². The first-order valence-electron chi connectivity index (χ1n) is 6.47.